The van der Waals surface area contributed by atoms with Gasteiger partial charge in [-0.25, -0.2) is 4.79 Å². The van der Waals surface area contributed by atoms with Crippen molar-refractivity contribution in [1.29, 1.82) is 0 Å². The third-order valence-electron chi connectivity index (χ3n) is 4.69. The van der Waals surface area contributed by atoms with Gasteiger partial charge in [0.25, 0.3) is 5.91 Å². The van der Waals surface area contributed by atoms with Crippen LogP contribution in [0, 0.1) is 0 Å². The number of nitrogens with zero attached hydrogens (tertiary/aromatic N) is 1. The van der Waals surface area contributed by atoms with Crippen molar-refractivity contribution in [2.45, 2.75) is 65.5 Å². The smallest absolute Gasteiger partial charge is 0.325 e. The summed E-state index contributed by atoms with van der Waals surface area (Å²) in [5.74, 6) is 0.321. The second kappa shape index (κ2) is 8.34. The van der Waals surface area contributed by atoms with Crippen LogP contribution >= 0.6 is 0 Å². The molecule has 0 radical (unpaired) electrons. The third-order valence-corrected chi connectivity index (χ3v) is 4.69. The van der Waals surface area contributed by atoms with Gasteiger partial charge in [0.1, 0.15) is 11.3 Å². The fraction of sp³-hybridized carbons (Fsp3) is 0.550. The van der Waals surface area contributed by atoms with Gasteiger partial charge in [-0.2, -0.15) is 0 Å². The van der Waals surface area contributed by atoms with E-state index >= 15 is 0 Å². The van der Waals surface area contributed by atoms with Crippen molar-refractivity contribution in [2.24, 2.45) is 0 Å². The summed E-state index contributed by atoms with van der Waals surface area (Å²) in [5.41, 5.74) is 0.376. The molecule has 1 heterocycles. The highest BCUT2D eigenvalue weighted by atomic mass is 16.5. The fourth-order valence-electron chi connectivity index (χ4n) is 3.53. The van der Waals surface area contributed by atoms with Gasteiger partial charge in [-0.3, -0.25) is 14.5 Å². The molecule has 0 saturated carbocycles. The summed E-state index contributed by atoms with van der Waals surface area (Å²) in [6.45, 7) is 7.91. The van der Waals surface area contributed by atoms with Crippen molar-refractivity contribution in [2.75, 3.05) is 6.61 Å². The molecule has 3 amide bonds. The average Bonchev–Trinajstić information content (AvgIpc) is 2.81. The Morgan fingerprint density at radius 3 is 2.35 bits per heavy atom. The van der Waals surface area contributed by atoms with Gasteiger partial charge in [0, 0.05) is 11.1 Å². The fourth-order valence-corrected chi connectivity index (χ4v) is 3.53. The largest absolute Gasteiger partial charge is 0.494 e. The molecule has 1 N–H and O–H groups in total. The van der Waals surface area contributed by atoms with E-state index in [2.05, 4.69) is 5.32 Å². The number of amides is 3. The van der Waals surface area contributed by atoms with Crippen molar-refractivity contribution >= 4 is 17.7 Å². The highest BCUT2D eigenvalue weighted by molar-refractivity contribution is 6.07. The first-order valence-electron chi connectivity index (χ1n) is 9.29. The minimum Gasteiger partial charge on any atom is -0.494 e. The van der Waals surface area contributed by atoms with Crippen LogP contribution in [0.25, 0.3) is 0 Å². The topological polar surface area (TPSA) is 75.7 Å². The molecule has 0 atom stereocenters. The van der Waals surface area contributed by atoms with E-state index in [9.17, 15) is 14.4 Å². The lowest BCUT2D eigenvalue weighted by Gasteiger charge is -2.26. The molecular formula is C20H28N2O4. The van der Waals surface area contributed by atoms with Crippen molar-refractivity contribution in [3.8, 4) is 5.75 Å². The van der Waals surface area contributed by atoms with E-state index in [1.807, 2.05) is 20.8 Å². The van der Waals surface area contributed by atoms with E-state index in [0.717, 1.165) is 12.8 Å². The molecule has 1 fully saturated rings. The van der Waals surface area contributed by atoms with Crippen LogP contribution in [-0.2, 0) is 11.3 Å². The SMILES string of the molecule is CCCC1(CCC)NC(=O)N(Cc2cc(C(C)=O)ccc2OCC)C1=O. The zero-order valence-electron chi connectivity index (χ0n) is 16.1. The van der Waals surface area contributed by atoms with Crippen molar-refractivity contribution in [3.63, 3.8) is 0 Å². The summed E-state index contributed by atoms with van der Waals surface area (Å²) >= 11 is 0. The van der Waals surface area contributed by atoms with Gasteiger partial charge < -0.3 is 10.1 Å². The maximum absolute atomic E-state index is 13.0. The molecule has 142 valence electrons. The maximum Gasteiger partial charge on any atom is 0.325 e. The van der Waals surface area contributed by atoms with E-state index in [4.69, 9.17) is 4.74 Å². The average molecular weight is 360 g/mol. The predicted octanol–water partition coefficient (Wildman–Crippen LogP) is 3.68. The molecule has 0 aliphatic carbocycles. The molecule has 2 rings (SSSR count). The standard InChI is InChI=1S/C20H28N2O4/c1-5-10-20(11-6-2)18(24)22(19(25)21-20)13-16-12-15(14(4)23)8-9-17(16)26-7-3/h8-9,12H,5-7,10-11,13H2,1-4H3,(H,21,25). The Morgan fingerprint density at radius 1 is 1.15 bits per heavy atom. The molecule has 1 saturated heterocycles. The van der Waals surface area contributed by atoms with Gasteiger partial charge in [-0.1, -0.05) is 26.7 Å². The number of carbonyl (C=O) groups excluding carboxylic acids is 3. The lowest BCUT2D eigenvalue weighted by atomic mass is 9.88. The number of nitrogens with one attached hydrogen (secondary N) is 1. The van der Waals surface area contributed by atoms with Crippen molar-refractivity contribution < 1.29 is 19.1 Å². The van der Waals surface area contributed by atoms with Crippen LogP contribution in [0.1, 0.15) is 69.3 Å². The summed E-state index contributed by atoms with van der Waals surface area (Å²) < 4.78 is 5.62. The molecule has 0 spiro atoms. The first kappa shape index (κ1) is 19.9. The van der Waals surface area contributed by atoms with E-state index in [0.29, 0.717) is 36.3 Å². The van der Waals surface area contributed by atoms with Gasteiger partial charge in [-0.05, 0) is 44.9 Å². The second-order valence-electron chi connectivity index (χ2n) is 6.72. The van der Waals surface area contributed by atoms with Crippen molar-refractivity contribution in [1.82, 2.24) is 10.2 Å². The zero-order chi connectivity index (χ0) is 19.3. The number of ketones is 1. The Morgan fingerprint density at radius 2 is 1.81 bits per heavy atom. The van der Waals surface area contributed by atoms with E-state index in [1.165, 1.54) is 11.8 Å². The molecule has 0 aromatic heterocycles. The Kier molecular flexibility index (Phi) is 6.40. The van der Waals surface area contributed by atoms with Crippen LogP contribution in [0.15, 0.2) is 18.2 Å². The lowest BCUT2D eigenvalue weighted by Crippen LogP contribution is -2.46. The number of urea groups is 1. The Balaban J connectivity index is 2.35. The number of rotatable bonds is 9. The number of Topliss-reactive ketones (excluding diaryl/α,β-unsaturated/α-hetero) is 1. The first-order valence-corrected chi connectivity index (χ1v) is 9.29. The van der Waals surface area contributed by atoms with Crippen LogP contribution < -0.4 is 10.1 Å². The van der Waals surface area contributed by atoms with Crippen LogP contribution in [0.5, 0.6) is 5.75 Å². The third kappa shape index (κ3) is 3.89. The predicted molar refractivity (Wildman–Crippen MR) is 99.2 cm³/mol. The molecule has 0 bridgehead atoms. The van der Waals surface area contributed by atoms with Gasteiger partial charge in [-0.15, -0.1) is 0 Å². The maximum atomic E-state index is 13.0. The molecule has 6 nitrogen and oxygen atoms in total. The van der Waals surface area contributed by atoms with E-state index < -0.39 is 5.54 Å². The summed E-state index contributed by atoms with van der Waals surface area (Å²) in [5, 5.41) is 2.91. The number of benzene rings is 1. The van der Waals surface area contributed by atoms with Crippen molar-refractivity contribution in [3.05, 3.63) is 29.3 Å². The van der Waals surface area contributed by atoms with Gasteiger partial charge in [0.15, 0.2) is 5.78 Å². The Bertz CT molecular complexity index is 693. The normalized spacial score (nSPS) is 15.9. The number of imide groups is 1. The molecular weight excluding hydrogens is 332 g/mol. The second-order valence-corrected chi connectivity index (χ2v) is 6.72. The summed E-state index contributed by atoms with van der Waals surface area (Å²) in [4.78, 5) is 38.5. The van der Waals surface area contributed by atoms with Crippen LogP contribution in [0.4, 0.5) is 4.79 Å². The molecule has 6 heteroatoms. The Hall–Kier alpha value is -2.37. The van der Waals surface area contributed by atoms with E-state index in [1.54, 1.807) is 18.2 Å². The summed E-state index contributed by atoms with van der Waals surface area (Å²) in [6, 6.07) is 4.74. The monoisotopic (exact) mass is 360 g/mol. The molecule has 1 aromatic rings. The lowest BCUT2D eigenvalue weighted by molar-refractivity contribution is -0.132. The Labute approximate surface area is 154 Å². The van der Waals surface area contributed by atoms with Gasteiger partial charge in [0.05, 0.1) is 13.2 Å². The first-order chi connectivity index (χ1) is 12.4. The van der Waals surface area contributed by atoms with Crippen LogP contribution in [0.3, 0.4) is 0 Å². The summed E-state index contributed by atoms with van der Waals surface area (Å²) in [7, 11) is 0. The van der Waals surface area contributed by atoms with Crippen LogP contribution in [0.2, 0.25) is 0 Å². The van der Waals surface area contributed by atoms with E-state index in [-0.39, 0.29) is 24.3 Å². The number of hydrogen-bond donors (Lipinski definition) is 1. The number of ether oxygens (including phenoxy) is 1. The summed E-state index contributed by atoms with van der Waals surface area (Å²) in [6.07, 6.45) is 2.86. The molecule has 0 unspecified atom stereocenters. The quantitative estimate of drug-likeness (QED) is 0.538. The minimum atomic E-state index is -0.815. The zero-order valence-corrected chi connectivity index (χ0v) is 16.1. The highest BCUT2D eigenvalue weighted by Crippen LogP contribution is 2.31. The molecule has 26 heavy (non-hydrogen) atoms. The number of carbonyl (C=O) groups is 3. The van der Waals surface area contributed by atoms with Crippen LogP contribution in [-0.4, -0.2) is 34.8 Å². The molecule has 1 aliphatic rings. The molecule has 1 aromatic carbocycles. The molecule has 1 aliphatic heterocycles. The minimum absolute atomic E-state index is 0.0715. The van der Waals surface area contributed by atoms with Gasteiger partial charge >= 0.3 is 6.03 Å². The highest BCUT2D eigenvalue weighted by Gasteiger charge is 2.49. The number of hydrogen-bond acceptors (Lipinski definition) is 4. The van der Waals surface area contributed by atoms with Gasteiger partial charge in [0.2, 0.25) is 0 Å².